The lowest BCUT2D eigenvalue weighted by Crippen LogP contribution is -2.33. The fourth-order valence-electron chi connectivity index (χ4n) is 3.75. The van der Waals surface area contributed by atoms with Crippen LogP contribution in [0.15, 0.2) is 48.5 Å². The van der Waals surface area contributed by atoms with Crippen molar-refractivity contribution in [3.8, 4) is 11.5 Å². The van der Waals surface area contributed by atoms with Gasteiger partial charge in [0.1, 0.15) is 5.75 Å². The van der Waals surface area contributed by atoms with Gasteiger partial charge >= 0.3 is 18.5 Å². The Balaban J connectivity index is 1.57. The van der Waals surface area contributed by atoms with Crippen LogP contribution < -0.4 is 9.47 Å². The molecule has 0 unspecified atom stereocenters. The van der Waals surface area contributed by atoms with Crippen LogP contribution >= 0.6 is 0 Å². The van der Waals surface area contributed by atoms with Crippen LogP contribution in [0, 0.1) is 17.7 Å². The summed E-state index contributed by atoms with van der Waals surface area (Å²) >= 11 is 0. The lowest BCUT2D eigenvalue weighted by Gasteiger charge is -2.25. The average molecular weight is 468 g/mol. The number of alkyl halides is 4. The third-order valence-corrected chi connectivity index (χ3v) is 5.79. The van der Waals surface area contributed by atoms with Gasteiger partial charge in [0, 0.05) is 6.07 Å². The molecule has 3 rings (SSSR count). The molecule has 1 aliphatic carbocycles. The molecule has 178 valence electrons. The molecule has 0 bridgehead atoms. The summed E-state index contributed by atoms with van der Waals surface area (Å²) in [4.78, 5) is 12.3. The maximum absolute atomic E-state index is 13.9. The smallest absolute Gasteiger partial charge is 0.425 e. The SMILES string of the molecule is CCC1CCC(/C=C/c2ccc(C(=O)Oc3ccc(OC(F)(F)C(F)F)c(F)c3)cc2)CC1. The van der Waals surface area contributed by atoms with Crippen LogP contribution in [0.2, 0.25) is 0 Å². The van der Waals surface area contributed by atoms with Crippen molar-refractivity contribution in [2.75, 3.05) is 0 Å². The number of benzene rings is 2. The summed E-state index contributed by atoms with van der Waals surface area (Å²) in [7, 11) is 0. The van der Waals surface area contributed by atoms with Gasteiger partial charge in [0.15, 0.2) is 11.6 Å². The summed E-state index contributed by atoms with van der Waals surface area (Å²) in [6, 6.07) is 8.92. The fourth-order valence-corrected chi connectivity index (χ4v) is 3.75. The molecule has 1 saturated carbocycles. The van der Waals surface area contributed by atoms with Crippen LogP contribution in [-0.2, 0) is 0 Å². The lowest BCUT2D eigenvalue weighted by atomic mass is 9.80. The van der Waals surface area contributed by atoms with E-state index in [1.165, 1.54) is 32.1 Å². The van der Waals surface area contributed by atoms with E-state index in [9.17, 15) is 26.7 Å². The second-order valence-corrected chi connectivity index (χ2v) is 8.12. The van der Waals surface area contributed by atoms with Gasteiger partial charge in [-0.15, -0.1) is 0 Å². The van der Waals surface area contributed by atoms with Crippen molar-refractivity contribution < 1.29 is 36.2 Å². The Labute approximate surface area is 189 Å². The van der Waals surface area contributed by atoms with Gasteiger partial charge in [-0.1, -0.05) is 37.6 Å². The molecule has 0 aliphatic heterocycles. The summed E-state index contributed by atoms with van der Waals surface area (Å²) in [5.41, 5.74) is 1.14. The highest BCUT2D eigenvalue weighted by molar-refractivity contribution is 5.91. The largest absolute Gasteiger partial charge is 0.461 e. The van der Waals surface area contributed by atoms with Gasteiger partial charge in [0.2, 0.25) is 0 Å². The first-order chi connectivity index (χ1) is 15.7. The summed E-state index contributed by atoms with van der Waals surface area (Å²) < 4.78 is 73.0. The Morgan fingerprint density at radius 2 is 1.76 bits per heavy atom. The number of ether oxygens (including phenoxy) is 2. The molecular formula is C25H25F5O3. The van der Waals surface area contributed by atoms with E-state index in [0.29, 0.717) is 18.1 Å². The molecule has 33 heavy (non-hydrogen) atoms. The quantitative estimate of drug-likeness (QED) is 0.228. The van der Waals surface area contributed by atoms with E-state index in [4.69, 9.17) is 4.74 Å². The van der Waals surface area contributed by atoms with Gasteiger partial charge in [-0.05, 0) is 67.3 Å². The Bertz CT molecular complexity index is 965. The molecule has 2 aromatic carbocycles. The Hall–Kier alpha value is -2.90. The average Bonchev–Trinajstić information content (AvgIpc) is 2.80. The Morgan fingerprint density at radius 1 is 1.09 bits per heavy atom. The van der Waals surface area contributed by atoms with Crippen molar-refractivity contribution >= 4 is 12.0 Å². The van der Waals surface area contributed by atoms with E-state index < -0.39 is 30.1 Å². The van der Waals surface area contributed by atoms with Gasteiger partial charge in [-0.2, -0.15) is 17.6 Å². The van der Waals surface area contributed by atoms with Crippen molar-refractivity contribution in [3.63, 3.8) is 0 Å². The first-order valence-corrected chi connectivity index (χ1v) is 10.8. The van der Waals surface area contributed by atoms with Crippen LogP contribution in [0.3, 0.4) is 0 Å². The number of halogens is 5. The molecule has 0 aromatic heterocycles. The van der Waals surface area contributed by atoms with Gasteiger partial charge < -0.3 is 9.47 Å². The monoisotopic (exact) mass is 468 g/mol. The third-order valence-electron chi connectivity index (χ3n) is 5.79. The molecule has 3 nitrogen and oxygen atoms in total. The highest BCUT2D eigenvalue weighted by Crippen LogP contribution is 2.32. The fraction of sp³-hybridized carbons (Fsp3) is 0.400. The second kappa shape index (κ2) is 10.8. The van der Waals surface area contributed by atoms with Crippen LogP contribution in [0.5, 0.6) is 11.5 Å². The molecule has 0 atom stereocenters. The van der Waals surface area contributed by atoms with Crippen molar-refractivity contribution in [3.05, 3.63) is 65.5 Å². The maximum Gasteiger partial charge on any atom is 0.461 e. The zero-order valence-electron chi connectivity index (χ0n) is 18.1. The van der Waals surface area contributed by atoms with E-state index in [2.05, 4.69) is 17.7 Å². The Morgan fingerprint density at radius 3 is 2.33 bits per heavy atom. The van der Waals surface area contributed by atoms with E-state index in [0.717, 1.165) is 17.5 Å². The van der Waals surface area contributed by atoms with E-state index in [-0.39, 0.29) is 11.3 Å². The van der Waals surface area contributed by atoms with Gasteiger partial charge in [-0.25, -0.2) is 9.18 Å². The number of carbonyl (C=O) groups excluding carboxylic acids is 1. The van der Waals surface area contributed by atoms with Crippen LogP contribution in [0.4, 0.5) is 22.0 Å². The number of allylic oxidation sites excluding steroid dienone is 1. The minimum Gasteiger partial charge on any atom is -0.425 e. The topological polar surface area (TPSA) is 35.5 Å². The summed E-state index contributed by atoms with van der Waals surface area (Å²) in [6.45, 7) is 2.23. The molecule has 0 N–H and O–H groups in total. The van der Waals surface area contributed by atoms with Gasteiger partial charge in [0.05, 0.1) is 5.56 Å². The van der Waals surface area contributed by atoms with Crippen molar-refractivity contribution in [2.24, 2.45) is 11.8 Å². The molecule has 8 heteroatoms. The predicted octanol–water partition coefficient (Wildman–Crippen LogP) is 7.51. The third kappa shape index (κ3) is 6.79. The predicted molar refractivity (Wildman–Crippen MR) is 114 cm³/mol. The van der Waals surface area contributed by atoms with E-state index >= 15 is 0 Å². The lowest BCUT2D eigenvalue weighted by molar-refractivity contribution is -0.254. The van der Waals surface area contributed by atoms with Gasteiger partial charge in [0.25, 0.3) is 0 Å². The zero-order valence-corrected chi connectivity index (χ0v) is 18.1. The molecule has 0 heterocycles. The molecule has 2 aromatic rings. The van der Waals surface area contributed by atoms with Crippen LogP contribution in [-0.4, -0.2) is 18.5 Å². The second-order valence-electron chi connectivity index (χ2n) is 8.12. The highest BCUT2D eigenvalue weighted by atomic mass is 19.3. The molecule has 1 aliphatic rings. The first kappa shape index (κ1) is 24.7. The highest BCUT2D eigenvalue weighted by Gasteiger charge is 2.44. The summed E-state index contributed by atoms with van der Waals surface area (Å²) in [5.74, 6) is -2.13. The number of hydrogen-bond acceptors (Lipinski definition) is 3. The summed E-state index contributed by atoms with van der Waals surface area (Å²) in [6.07, 6.45) is 1.34. The molecule has 1 fully saturated rings. The Kier molecular flexibility index (Phi) is 8.10. The number of carbonyl (C=O) groups is 1. The zero-order chi connectivity index (χ0) is 24.0. The number of rotatable bonds is 8. The maximum atomic E-state index is 13.9. The number of hydrogen-bond donors (Lipinski definition) is 0. The van der Waals surface area contributed by atoms with Crippen molar-refractivity contribution in [2.45, 2.75) is 51.6 Å². The first-order valence-electron chi connectivity index (χ1n) is 10.8. The molecule has 0 saturated heterocycles. The van der Waals surface area contributed by atoms with E-state index in [1.807, 2.05) is 6.08 Å². The minimum absolute atomic E-state index is 0.209. The molecule has 0 radical (unpaired) electrons. The molecule has 0 spiro atoms. The summed E-state index contributed by atoms with van der Waals surface area (Å²) in [5, 5.41) is 0. The van der Waals surface area contributed by atoms with E-state index in [1.54, 1.807) is 24.3 Å². The standard InChI is InChI=1S/C25H25F5O3/c1-2-16-3-5-17(6-4-16)7-8-18-9-11-19(12-10-18)23(31)32-20-13-14-22(21(26)15-20)33-25(29,30)24(27)28/h7-17,24H,2-6H2,1H3/b8-7+. The van der Waals surface area contributed by atoms with Crippen LogP contribution in [0.1, 0.15) is 54.9 Å². The van der Waals surface area contributed by atoms with Gasteiger partial charge in [-0.3, -0.25) is 0 Å². The molecular weight excluding hydrogens is 443 g/mol. The van der Waals surface area contributed by atoms with Crippen molar-refractivity contribution in [1.82, 2.24) is 0 Å². The normalized spacial score (nSPS) is 19.1. The molecule has 0 amide bonds. The van der Waals surface area contributed by atoms with Crippen molar-refractivity contribution in [1.29, 1.82) is 0 Å². The number of esters is 1. The van der Waals surface area contributed by atoms with Crippen LogP contribution in [0.25, 0.3) is 6.08 Å². The minimum atomic E-state index is -4.84.